The molecule has 0 radical (unpaired) electrons. The Balaban J connectivity index is 1.03. The van der Waals surface area contributed by atoms with Crippen molar-refractivity contribution in [3.05, 3.63) is 157 Å². The van der Waals surface area contributed by atoms with Gasteiger partial charge in [0.15, 0.2) is 5.82 Å². The molecule has 1 aliphatic heterocycles. The summed E-state index contributed by atoms with van der Waals surface area (Å²) in [6, 6.07) is 19.1. The maximum absolute atomic E-state index is 15.1. The van der Waals surface area contributed by atoms with Crippen LogP contribution in [-0.2, 0) is 29.8 Å². The predicted octanol–water partition coefficient (Wildman–Crippen LogP) is 7.05. The summed E-state index contributed by atoms with van der Waals surface area (Å²) in [6.45, 7) is 9.08. The standard InChI is InChI=1S/C48H45ClFN11O5/c1-26-18-34(19-27(2)42(26)50)61-43(58-15-14-57(47(58)64)33-7-9-38-32(21-33)24-52-59(38)16-17-65-5)36-25-56(13-11-37(36)54-61)44(62)40-22-31-20-30(35-10-12-51-29(4)41(35)49)6-8-39(31)60(40)48(23-28(48)3)45-53-46(63)66-55-45/h6-10,12,14-15,18-22,24,28,44,62H,11,13,16-17,23,25H2,1-5H3,(H,53,55,63)/t28-,44?,48-/m0/s1. The van der Waals surface area contributed by atoms with Crippen molar-refractivity contribution in [1.82, 2.24) is 53.3 Å². The van der Waals surface area contributed by atoms with Crippen LogP contribution in [0, 0.1) is 32.5 Å². The number of methoxy groups -OCH3 is 1. The second-order valence-electron chi connectivity index (χ2n) is 17.5. The summed E-state index contributed by atoms with van der Waals surface area (Å²) < 4.78 is 34.2. The van der Waals surface area contributed by atoms with E-state index in [1.807, 2.05) is 65.0 Å². The molecule has 9 aromatic rings. The van der Waals surface area contributed by atoms with E-state index in [-0.39, 0.29) is 24.0 Å². The molecule has 0 spiro atoms. The van der Waals surface area contributed by atoms with Crippen LogP contribution in [0.4, 0.5) is 4.39 Å². The van der Waals surface area contributed by atoms with Gasteiger partial charge in [-0.1, -0.05) is 29.7 Å². The van der Waals surface area contributed by atoms with Gasteiger partial charge in [0.2, 0.25) is 0 Å². The zero-order valence-electron chi connectivity index (χ0n) is 36.8. The number of hydrogen-bond acceptors (Lipinski definition) is 10. The number of halogens is 2. The number of rotatable bonds is 11. The van der Waals surface area contributed by atoms with Gasteiger partial charge in [0.05, 0.1) is 58.3 Å². The monoisotopic (exact) mass is 909 g/mol. The average Bonchev–Trinajstić information content (AvgIpc) is 3.95. The van der Waals surface area contributed by atoms with Crippen molar-refractivity contribution in [3.63, 3.8) is 0 Å². The summed E-state index contributed by atoms with van der Waals surface area (Å²) in [6.07, 6.45) is 6.83. The van der Waals surface area contributed by atoms with Crippen molar-refractivity contribution in [2.45, 2.75) is 65.4 Å². The molecule has 1 fully saturated rings. The zero-order valence-corrected chi connectivity index (χ0v) is 37.5. The van der Waals surface area contributed by atoms with Crippen molar-refractivity contribution < 1.29 is 18.8 Å². The molecule has 7 heterocycles. The summed E-state index contributed by atoms with van der Waals surface area (Å²) in [5.41, 5.74) is 7.21. The number of nitrogens with zero attached hydrogens (tertiary/aromatic N) is 10. The van der Waals surface area contributed by atoms with Gasteiger partial charge in [-0.3, -0.25) is 33.2 Å². The molecule has 1 saturated carbocycles. The maximum Gasteiger partial charge on any atom is 0.438 e. The molecule has 0 amide bonds. The third-order valence-electron chi connectivity index (χ3n) is 13.5. The third-order valence-corrected chi connectivity index (χ3v) is 13.9. The second-order valence-corrected chi connectivity index (χ2v) is 17.9. The Kier molecular flexibility index (Phi) is 9.88. The first kappa shape index (κ1) is 41.8. The molecule has 6 aromatic heterocycles. The van der Waals surface area contributed by atoms with Crippen LogP contribution in [0.3, 0.4) is 0 Å². The first-order valence-electron chi connectivity index (χ1n) is 21.8. The van der Waals surface area contributed by atoms with Gasteiger partial charge in [0.1, 0.15) is 23.4 Å². The van der Waals surface area contributed by atoms with Gasteiger partial charge in [-0.15, -0.1) is 0 Å². The fourth-order valence-corrected chi connectivity index (χ4v) is 10.2. The minimum Gasteiger partial charge on any atom is -0.383 e. The van der Waals surface area contributed by atoms with Gasteiger partial charge >= 0.3 is 11.4 Å². The fourth-order valence-electron chi connectivity index (χ4n) is 9.95. The topological polar surface area (TPSA) is 172 Å². The number of benzene rings is 3. The fraction of sp³-hybridized carbons (Fsp3) is 0.292. The number of aromatic amines is 1. The highest BCUT2D eigenvalue weighted by molar-refractivity contribution is 6.34. The molecule has 66 heavy (non-hydrogen) atoms. The Labute approximate surface area is 381 Å². The highest BCUT2D eigenvalue weighted by Crippen LogP contribution is 2.56. The Morgan fingerprint density at radius 2 is 1.77 bits per heavy atom. The Hall–Kier alpha value is -6.92. The molecule has 0 bridgehead atoms. The molecule has 336 valence electrons. The van der Waals surface area contributed by atoms with Crippen LogP contribution in [-0.4, -0.2) is 78.7 Å². The van der Waals surface area contributed by atoms with Gasteiger partial charge in [0, 0.05) is 72.6 Å². The number of nitrogens with one attached hydrogen (secondary N) is 1. The van der Waals surface area contributed by atoms with E-state index in [9.17, 15) is 14.7 Å². The van der Waals surface area contributed by atoms with Crippen LogP contribution in [0.15, 0.2) is 99.6 Å². The highest BCUT2D eigenvalue weighted by atomic mass is 35.5. The van der Waals surface area contributed by atoms with Crippen LogP contribution in [0.1, 0.15) is 59.2 Å². The molecule has 16 nitrogen and oxygen atoms in total. The number of H-pyrrole nitrogens is 1. The normalized spacial score (nSPS) is 17.8. The van der Waals surface area contributed by atoms with Gasteiger partial charge < -0.3 is 14.4 Å². The van der Waals surface area contributed by atoms with E-state index in [2.05, 4.69) is 31.7 Å². The van der Waals surface area contributed by atoms with Crippen molar-refractivity contribution >= 4 is 33.4 Å². The number of hydrogen-bond donors (Lipinski definition) is 2. The average molecular weight is 910 g/mol. The lowest BCUT2D eigenvalue weighted by Gasteiger charge is -2.33. The van der Waals surface area contributed by atoms with Crippen molar-refractivity contribution in [2.75, 3.05) is 20.3 Å². The van der Waals surface area contributed by atoms with Crippen molar-refractivity contribution in [3.8, 4) is 28.3 Å². The van der Waals surface area contributed by atoms with E-state index in [1.165, 1.54) is 0 Å². The first-order chi connectivity index (χ1) is 31.9. The quantitative estimate of drug-likeness (QED) is 0.137. The van der Waals surface area contributed by atoms with E-state index in [4.69, 9.17) is 26.0 Å². The lowest BCUT2D eigenvalue weighted by Crippen LogP contribution is -2.37. The molecule has 3 atom stereocenters. The first-order valence-corrected chi connectivity index (χ1v) is 22.1. The number of aliphatic hydroxyl groups excluding tert-OH is 1. The number of aryl methyl sites for hydroxylation is 3. The summed E-state index contributed by atoms with van der Waals surface area (Å²) >= 11 is 6.77. The van der Waals surface area contributed by atoms with E-state index < -0.39 is 17.5 Å². The number of aliphatic hydroxyl groups is 1. The number of fused-ring (bicyclic) bond motifs is 3. The molecule has 1 aliphatic carbocycles. The van der Waals surface area contributed by atoms with Crippen molar-refractivity contribution in [2.24, 2.45) is 5.92 Å². The Bertz CT molecular complexity index is 3500. The Morgan fingerprint density at radius 1 is 1.00 bits per heavy atom. The van der Waals surface area contributed by atoms with E-state index in [0.717, 1.165) is 44.2 Å². The van der Waals surface area contributed by atoms with Crippen LogP contribution in [0.2, 0.25) is 5.02 Å². The predicted molar refractivity (Wildman–Crippen MR) is 245 cm³/mol. The van der Waals surface area contributed by atoms with E-state index in [0.29, 0.717) is 83.1 Å². The summed E-state index contributed by atoms with van der Waals surface area (Å²) in [5, 5.41) is 28.9. The number of ether oxygens (including phenoxy) is 1. The third kappa shape index (κ3) is 6.51. The maximum atomic E-state index is 15.1. The number of pyridine rings is 1. The molecule has 2 aliphatic rings. The molecule has 11 rings (SSSR count). The van der Waals surface area contributed by atoms with Gasteiger partial charge in [-0.05, 0) is 104 Å². The molecule has 2 N–H and O–H groups in total. The second kappa shape index (κ2) is 15.6. The molecule has 18 heteroatoms. The minimum absolute atomic E-state index is 0.0284. The van der Waals surface area contributed by atoms with Crippen LogP contribution in [0.5, 0.6) is 0 Å². The van der Waals surface area contributed by atoms with Gasteiger partial charge in [0.25, 0.3) is 0 Å². The lowest BCUT2D eigenvalue weighted by atomic mass is 10.0. The molecular weight excluding hydrogens is 865 g/mol. The van der Waals surface area contributed by atoms with Crippen LogP contribution < -0.4 is 11.4 Å². The van der Waals surface area contributed by atoms with E-state index in [1.54, 1.807) is 71.7 Å². The minimum atomic E-state index is -1.17. The molecule has 1 unspecified atom stereocenters. The van der Waals surface area contributed by atoms with Crippen LogP contribution >= 0.6 is 11.6 Å². The number of aromatic nitrogens is 10. The van der Waals surface area contributed by atoms with Crippen LogP contribution in [0.25, 0.3) is 50.1 Å². The molecule has 3 aromatic carbocycles. The SMILES string of the molecule is COCCn1ncc2cc(-n3ccn(-c4c5c(nn4-c4cc(C)c(F)c(C)c4)CCN(C(O)c4cc6cc(-c7ccnc(C)c7Cl)ccc6n4[C@@]4(c6noc(=O)[nH]6)C[C@@H]4C)C5)c3=O)ccc21. The smallest absolute Gasteiger partial charge is 0.383 e. The molecular formula is C48H45ClFN11O5. The summed E-state index contributed by atoms with van der Waals surface area (Å²) in [5.74, 6) is -0.0902. The summed E-state index contributed by atoms with van der Waals surface area (Å²) in [4.78, 5) is 36.2. The van der Waals surface area contributed by atoms with Gasteiger partial charge in [-0.25, -0.2) is 18.7 Å². The highest BCUT2D eigenvalue weighted by Gasteiger charge is 2.59. The van der Waals surface area contributed by atoms with Crippen molar-refractivity contribution in [1.29, 1.82) is 0 Å². The Morgan fingerprint density at radius 3 is 2.52 bits per heavy atom. The van der Waals surface area contributed by atoms with Gasteiger partial charge in [-0.2, -0.15) is 10.2 Å². The zero-order chi connectivity index (χ0) is 45.8. The number of imidazole rings is 1. The lowest BCUT2D eigenvalue weighted by molar-refractivity contribution is -0.0143. The largest absolute Gasteiger partial charge is 0.438 e. The van der Waals surface area contributed by atoms with E-state index >= 15 is 4.39 Å². The summed E-state index contributed by atoms with van der Waals surface area (Å²) in [7, 11) is 1.65. The molecule has 0 saturated heterocycles.